The Kier molecular flexibility index (Phi) is 1.75. The van der Waals surface area contributed by atoms with Gasteiger partial charge in [0.1, 0.15) is 11.7 Å². The Morgan fingerprint density at radius 1 is 1.06 bits per heavy atom. The van der Waals surface area contributed by atoms with Gasteiger partial charge in [-0.2, -0.15) is 0 Å². The van der Waals surface area contributed by atoms with Gasteiger partial charge in [-0.05, 0) is 42.9 Å². The van der Waals surface area contributed by atoms with Crippen molar-refractivity contribution in [1.82, 2.24) is 0 Å². The summed E-state index contributed by atoms with van der Waals surface area (Å²) >= 11 is 0. The van der Waals surface area contributed by atoms with Crippen LogP contribution >= 0.6 is 0 Å². The highest BCUT2D eigenvalue weighted by Crippen LogP contribution is 2.67. The van der Waals surface area contributed by atoms with Crippen LogP contribution in [0.25, 0.3) is 0 Å². The van der Waals surface area contributed by atoms with E-state index in [-0.39, 0.29) is 5.60 Å². The van der Waals surface area contributed by atoms with Crippen LogP contribution in [-0.2, 0) is 9.47 Å². The molecule has 2 aliphatic heterocycles. The maximum absolute atomic E-state index is 5.99. The number of hydrogen-bond acceptors (Lipinski definition) is 2. The van der Waals surface area contributed by atoms with Crippen LogP contribution in [0.3, 0.4) is 0 Å². The maximum atomic E-state index is 5.99. The summed E-state index contributed by atoms with van der Waals surface area (Å²) in [6.45, 7) is 9.66. The van der Waals surface area contributed by atoms with Crippen molar-refractivity contribution in [2.24, 2.45) is 16.7 Å². The van der Waals surface area contributed by atoms with Crippen molar-refractivity contribution in [3.05, 3.63) is 0 Å². The number of epoxide rings is 2. The molecule has 0 bridgehead atoms. The molecule has 17 heavy (non-hydrogen) atoms. The highest BCUT2D eigenvalue weighted by Gasteiger charge is 2.75. The van der Waals surface area contributed by atoms with Crippen molar-refractivity contribution >= 4 is 0 Å². The van der Waals surface area contributed by atoms with Crippen molar-refractivity contribution in [3.8, 4) is 0 Å². The van der Waals surface area contributed by atoms with Crippen LogP contribution in [0.15, 0.2) is 0 Å². The molecule has 4 fully saturated rings. The summed E-state index contributed by atoms with van der Waals surface area (Å²) in [4.78, 5) is 0. The van der Waals surface area contributed by atoms with Gasteiger partial charge in [-0.25, -0.2) is 0 Å². The Balaban J connectivity index is 1.64. The Bertz CT molecular complexity index is 377. The molecular weight excluding hydrogens is 212 g/mol. The molecule has 4 rings (SSSR count). The fraction of sp³-hybridized carbons (Fsp3) is 1.00. The normalized spacial score (nSPS) is 62.8. The van der Waals surface area contributed by atoms with Crippen LogP contribution in [0.4, 0.5) is 0 Å². The summed E-state index contributed by atoms with van der Waals surface area (Å²) in [6.07, 6.45) is 6.78. The molecule has 2 heteroatoms. The van der Waals surface area contributed by atoms with E-state index >= 15 is 0 Å². The van der Waals surface area contributed by atoms with E-state index < -0.39 is 0 Å². The molecule has 2 saturated heterocycles. The monoisotopic (exact) mass is 236 g/mol. The van der Waals surface area contributed by atoms with Gasteiger partial charge >= 0.3 is 0 Å². The van der Waals surface area contributed by atoms with Gasteiger partial charge in [0.15, 0.2) is 0 Å². The van der Waals surface area contributed by atoms with Crippen LogP contribution in [0.2, 0.25) is 0 Å². The molecule has 0 radical (unpaired) electrons. The van der Waals surface area contributed by atoms with Crippen LogP contribution in [0, 0.1) is 16.7 Å². The second-order valence-corrected chi connectivity index (χ2v) is 7.81. The summed E-state index contributed by atoms with van der Waals surface area (Å²) < 4.78 is 11.9. The van der Waals surface area contributed by atoms with Gasteiger partial charge in [-0.3, -0.25) is 0 Å². The predicted molar refractivity (Wildman–Crippen MR) is 65.8 cm³/mol. The van der Waals surface area contributed by atoms with Gasteiger partial charge in [0.05, 0.1) is 12.2 Å². The van der Waals surface area contributed by atoms with E-state index in [1.807, 2.05) is 0 Å². The molecule has 2 aliphatic carbocycles. The second kappa shape index (κ2) is 2.75. The SMILES string of the molecule is CC1(C)CCC[C@@]1(C)[C@H]1C[C@H]2O[C@@]2(C)[C@H]2O[C@H]21. The number of rotatable bonds is 1. The molecule has 6 atom stereocenters. The Morgan fingerprint density at radius 2 is 1.82 bits per heavy atom. The van der Waals surface area contributed by atoms with Gasteiger partial charge in [-0.15, -0.1) is 0 Å². The van der Waals surface area contributed by atoms with Crippen molar-refractivity contribution in [3.63, 3.8) is 0 Å². The Labute approximate surface area is 104 Å². The van der Waals surface area contributed by atoms with Crippen LogP contribution in [0.1, 0.15) is 53.4 Å². The van der Waals surface area contributed by atoms with Crippen molar-refractivity contribution in [2.75, 3.05) is 0 Å². The summed E-state index contributed by atoms with van der Waals surface area (Å²) in [6, 6.07) is 0. The highest BCUT2D eigenvalue weighted by atomic mass is 16.7. The van der Waals surface area contributed by atoms with Gasteiger partial charge in [0, 0.05) is 0 Å². The van der Waals surface area contributed by atoms with E-state index in [2.05, 4.69) is 27.7 Å². The Hall–Kier alpha value is -0.0800. The summed E-state index contributed by atoms with van der Waals surface area (Å²) in [5, 5.41) is 0. The van der Waals surface area contributed by atoms with Crippen LogP contribution < -0.4 is 0 Å². The van der Waals surface area contributed by atoms with Gasteiger partial charge in [-0.1, -0.05) is 27.2 Å². The lowest BCUT2D eigenvalue weighted by Gasteiger charge is -2.45. The summed E-state index contributed by atoms with van der Waals surface area (Å²) in [7, 11) is 0. The van der Waals surface area contributed by atoms with Crippen molar-refractivity contribution < 1.29 is 9.47 Å². The third-order valence-electron chi connectivity index (χ3n) is 6.80. The van der Waals surface area contributed by atoms with Crippen molar-refractivity contribution in [2.45, 2.75) is 77.3 Å². The summed E-state index contributed by atoms with van der Waals surface area (Å²) in [5.41, 5.74) is 1.02. The number of hydrogen-bond donors (Lipinski definition) is 0. The van der Waals surface area contributed by atoms with Gasteiger partial charge < -0.3 is 9.47 Å². The van der Waals surface area contributed by atoms with E-state index in [1.54, 1.807) is 0 Å². The van der Waals surface area contributed by atoms with E-state index in [1.165, 1.54) is 25.7 Å². The largest absolute Gasteiger partial charge is 0.366 e. The zero-order valence-electron chi connectivity index (χ0n) is 11.5. The topological polar surface area (TPSA) is 25.1 Å². The summed E-state index contributed by atoms with van der Waals surface area (Å²) in [5.74, 6) is 0.727. The van der Waals surface area contributed by atoms with E-state index in [4.69, 9.17) is 9.47 Å². The molecule has 0 unspecified atom stereocenters. The highest BCUT2D eigenvalue weighted by molar-refractivity contribution is 5.22. The molecule has 96 valence electrons. The fourth-order valence-corrected chi connectivity index (χ4v) is 4.89. The minimum atomic E-state index is 0.0975. The zero-order valence-corrected chi connectivity index (χ0v) is 11.5. The molecule has 0 aromatic heterocycles. The first kappa shape index (κ1) is 10.8. The average molecular weight is 236 g/mol. The quantitative estimate of drug-likeness (QED) is 0.653. The fourth-order valence-electron chi connectivity index (χ4n) is 4.89. The lowest BCUT2D eigenvalue weighted by Crippen LogP contribution is -2.44. The number of ether oxygens (including phenoxy) is 2. The minimum absolute atomic E-state index is 0.0975. The molecule has 0 aromatic carbocycles. The third-order valence-corrected chi connectivity index (χ3v) is 6.80. The van der Waals surface area contributed by atoms with E-state index in [9.17, 15) is 0 Å². The van der Waals surface area contributed by atoms with Crippen molar-refractivity contribution in [1.29, 1.82) is 0 Å². The average Bonchev–Trinajstić information content (AvgIpc) is 3.06. The molecule has 0 amide bonds. The molecule has 2 nitrogen and oxygen atoms in total. The predicted octanol–water partition coefficient (Wildman–Crippen LogP) is 3.15. The van der Waals surface area contributed by atoms with Gasteiger partial charge in [0.2, 0.25) is 0 Å². The Morgan fingerprint density at radius 3 is 2.47 bits per heavy atom. The lowest BCUT2D eigenvalue weighted by molar-refractivity contribution is 0.0271. The molecule has 2 saturated carbocycles. The number of fused-ring (bicyclic) bond motifs is 3. The minimum Gasteiger partial charge on any atom is -0.366 e. The molecule has 0 N–H and O–H groups in total. The molecular formula is C15H24O2. The maximum Gasteiger partial charge on any atom is 0.121 e. The second-order valence-electron chi connectivity index (χ2n) is 7.81. The first-order chi connectivity index (χ1) is 7.88. The zero-order chi connectivity index (χ0) is 12.1. The van der Waals surface area contributed by atoms with Crippen LogP contribution in [0.5, 0.6) is 0 Å². The molecule has 2 heterocycles. The van der Waals surface area contributed by atoms with E-state index in [0.717, 1.165) is 5.92 Å². The molecule has 4 aliphatic rings. The first-order valence-electron chi connectivity index (χ1n) is 7.22. The molecule has 0 spiro atoms. The van der Waals surface area contributed by atoms with E-state index in [0.29, 0.717) is 29.1 Å². The van der Waals surface area contributed by atoms with Gasteiger partial charge in [0.25, 0.3) is 0 Å². The third kappa shape index (κ3) is 1.14. The standard InChI is InChI=1S/C15H24O2/c1-13(2)6-5-7-14(13,3)9-8-10-15(4,17-10)12-11(9)16-12/h9-12H,5-8H2,1-4H3/t9-,10+,11-,12-,14-,15+/m0/s1. The smallest absolute Gasteiger partial charge is 0.121 e. The molecule has 0 aromatic rings. The van der Waals surface area contributed by atoms with Crippen LogP contribution in [-0.4, -0.2) is 23.9 Å². The first-order valence-corrected chi connectivity index (χ1v) is 7.22. The lowest BCUT2D eigenvalue weighted by atomic mass is 9.58.